The first kappa shape index (κ1) is 10.3. The van der Waals surface area contributed by atoms with Crippen molar-refractivity contribution in [1.29, 1.82) is 0 Å². The van der Waals surface area contributed by atoms with Gasteiger partial charge in [-0.05, 0) is 12.5 Å². The van der Waals surface area contributed by atoms with Crippen LogP contribution in [0.25, 0.3) is 0 Å². The Bertz CT molecular complexity index is 310. The molecule has 1 atom stereocenters. The van der Waals surface area contributed by atoms with Crippen molar-refractivity contribution < 1.29 is 4.74 Å². The van der Waals surface area contributed by atoms with Crippen LogP contribution >= 0.6 is 12.2 Å². The normalized spacial score (nSPS) is 12.8. The first-order valence-electron chi connectivity index (χ1n) is 4.36. The fourth-order valence-electron chi connectivity index (χ4n) is 1.18. The Morgan fingerprint density at radius 1 is 1.69 bits per heavy atom. The molecule has 0 saturated carbocycles. The van der Waals surface area contributed by atoms with Gasteiger partial charge in [-0.25, -0.2) is 4.98 Å². The molecule has 0 fully saturated rings. The number of rotatable bonds is 4. The Hall–Kier alpha value is -0.740. The molecule has 72 valence electrons. The molecule has 0 aromatic carbocycles. The van der Waals surface area contributed by atoms with E-state index in [9.17, 15) is 0 Å². The van der Waals surface area contributed by atoms with Crippen molar-refractivity contribution in [2.24, 2.45) is 0 Å². The van der Waals surface area contributed by atoms with Crippen molar-refractivity contribution >= 4 is 12.2 Å². The van der Waals surface area contributed by atoms with E-state index in [1.54, 1.807) is 19.4 Å². The van der Waals surface area contributed by atoms with Crippen LogP contribution in [-0.2, 0) is 4.74 Å². The topological polar surface area (TPSA) is 37.9 Å². The van der Waals surface area contributed by atoms with Crippen LogP contribution in [0.5, 0.6) is 0 Å². The Morgan fingerprint density at radius 2 is 2.46 bits per heavy atom. The number of aromatic amines is 1. The van der Waals surface area contributed by atoms with E-state index in [-0.39, 0.29) is 6.10 Å². The quantitative estimate of drug-likeness (QED) is 0.756. The second-order valence-electron chi connectivity index (χ2n) is 2.83. The van der Waals surface area contributed by atoms with Gasteiger partial charge in [0, 0.05) is 13.3 Å². The molecular weight excluding hydrogens is 184 g/mol. The Labute approximate surface area is 83.2 Å². The molecule has 1 aromatic heterocycles. The summed E-state index contributed by atoms with van der Waals surface area (Å²) in [7, 11) is 1.69. The summed E-state index contributed by atoms with van der Waals surface area (Å²) >= 11 is 5.00. The summed E-state index contributed by atoms with van der Waals surface area (Å²) in [5.41, 5.74) is 0. The number of hydrogen-bond acceptors (Lipinski definition) is 3. The van der Waals surface area contributed by atoms with Crippen LogP contribution in [0.4, 0.5) is 0 Å². The number of aromatic nitrogens is 2. The summed E-state index contributed by atoms with van der Waals surface area (Å²) in [6.45, 7) is 2.11. The SMILES string of the molecule is CCCC(OC)c1nccc(=S)[nH]1. The number of ether oxygens (including phenoxy) is 1. The fourth-order valence-corrected chi connectivity index (χ4v) is 1.34. The van der Waals surface area contributed by atoms with Gasteiger partial charge in [-0.3, -0.25) is 0 Å². The summed E-state index contributed by atoms with van der Waals surface area (Å²) in [5.74, 6) is 0.817. The second-order valence-corrected chi connectivity index (χ2v) is 3.27. The Balaban J connectivity index is 2.84. The number of H-pyrrole nitrogens is 1. The van der Waals surface area contributed by atoms with Gasteiger partial charge in [-0.2, -0.15) is 0 Å². The van der Waals surface area contributed by atoms with Gasteiger partial charge in [0.05, 0.1) is 0 Å². The molecule has 1 N–H and O–H groups in total. The van der Waals surface area contributed by atoms with Gasteiger partial charge < -0.3 is 9.72 Å². The highest BCUT2D eigenvalue weighted by atomic mass is 32.1. The summed E-state index contributed by atoms with van der Waals surface area (Å²) in [4.78, 5) is 7.20. The lowest BCUT2D eigenvalue weighted by Crippen LogP contribution is -2.05. The Morgan fingerprint density at radius 3 is 3.00 bits per heavy atom. The van der Waals surface area contributed by atoms with Crippen LogP contribution in [0.15, 0.2) is 12.3 Å². The van der Waals surface area contributed by atoms with E-state index >= 15 is 0 Å². The molecule has 0 radical (unpaired) electrons. The molecule has 0 aliphatic rings. The van der Waals surface area contributed by atoms with Crippen molar-refractivity contribution in [3.63, 3.8) is 0 Å². The highest BCUT2D eigenvalue weighted by molar-refractivity contribution is 7.71. The molecule has 3 nitrogen and oxygen atoms in total. The van der Waals surface area contributed by atoms with Gasteiger partial charge in [-0.1, -0.05) is 25.6 Å². The number of hydrogen-bond donors (Lipinski definition) is 1. The van der Waals surface area contributed by atoms with E-state index < -0.39 is 0 Å². The summed E-state index contributed by atoms with van der Waals surface area (Å²) in [6.07, 6.45) is 3.76. The summed E-state index contributed by atoms with van der Waals surface area (Å²) in [6, 6.07) is 1.76. The van der Waals surface area contributed by atoms with Crippen LogP contribution in [-0.4, -0.2) is 17.1 Å². The maximum Gasteiger partial charge on any atom is 0.136 e. The fraction of sp³-hybridized carbons (Fsp3) is 0.556. The van der Waals surface area contributed by atoms with Gasteiger partial charge in [0.15, 0.2) is 0 Å². The van der Waals surface area contributed by atoms with Crippen LogP contribution in [0.3, 0.4) is 0 Å². The standard InChI is InChI=1S/C9H14N2OS/c1-3-4-7(12-2)9-10-6-5-8(13)11-9/h5-7H,3-4H2,1-2H3,(H,10,11,13). The zero-order valence-corrected chi connectivity index (χ0v) is 8.73. The van der Waals surface area contributed by atoms with E-state index in [0.717, 1.165) is 18.7 Å². The number of nitrogens with zero attached hydrogens (tertiary/aromatic N) is 1. The minimum absolute atomic E-state index is 0.0351. The zero-order chi connectivity index (χ0) is 9.68. The monoisotopic (exact) mass is 198 g/mol. The van der Waals surface area contributed by atoms with Crippen LogP contribution in [0.2, 0.25) is 0 Å². The first-order chi connectivity index (χ1) is 6.27. The summed E-state index contributed by atoms with van der Waals surface area (Å²) in [5, 5.41) is 0. The molecule has 1 rings (SSSR count). The van der Waals surface area contributed by atoms with Gasteiger partial charge >= 0.3 is 0 Å². The maximum atomic E-state index is 5.29. The van der Waals surface area contributed by atoms with Crippen LogP contribution in [0.1, 0.15) is 31.7 Å². The molecule has 0 saturated heterocycles. The van der Waals surface area contributed by atoms with Gasteiger partial charge in [0.1, 0.15) is 16.6 Å². The average Bonchev–Trinajstić information content (AvgIpc) is 2.14. The van der Waals surface area contributed by atoms with Gasteiger partial charge in [-0.15, -0.1) is 0 Å². The molecule has 0 aliphatic heterocycles. The van der Waals surface area contributed by atoms with Crippen molar-refractivity contribution in [1.82, 2.24) is 9.97 Å². The number of methoxy groups -OCH3 is 1. The average molecular weight is 198 g/mol. The Kier molecular flexibility index (Phi) is 4.05. The lowest BCUT2D eigenvalue weighted by atomic mass is 10.2. The minimum Gasteiger partial charge on any atom is -0.374 e. The van der Waals surface area contributed by atoms with E-state index in [0.29, 0.717) is 4.64 Å². The molecule has 0 amide bonds. The third-order valence-electron chi connectivity index (χ3n) is 1.83. The predicted molar refractivity (Wildman–Crippen MR) is 54.1 cm³/mol. The molecule has 4 heteroatoms. The largest absolute Gasteiger partial charge is 0.374 e. The second kappa shape index (κ2) is 5.09. The smallest absolute Gasteiger partial charge is 0.136 e. The van der Waals surface area contributed by atoms with Gasteiger partial charge in [0.25, 0.3) is 0 Å². The first-order valence-corrected chi connectivity index (χ1v) is 4.76. The minimum atomic E-state index is 0.0351. The highest BCUT2D eigenvalue weighted by Crippen LogP contribution is 2.17. The van der Waals surface area contributed by atoms with Crippen molar-refractivity contribution in [3.8, 4) is 0 Å². The van der Waals surface area contributed by atoms with Crippen LogP contribution in [0, 0.1) is 4.64 Å². The third-order valence-corrected chi connectivity index (χ3v) is 2.07. The zero-order valence-electron chi connectivity index (χ0n) is 7.91. The lowest BCUT2D eigenvalue weighted by Gasteiger charge is -2.12. The molecule has 13 heavy (non-hydrogen) atoms. The highest BCUT2D eigenvalue weighted by Gasteiger charge is 2.10. The molecule has 1 unspecified atom stereocenters. The predicted octanol–water partition coefficient (Wildman–Crippen LogP) is 2.63. The van der Waals surface area contributed by atoms with Crippen molar-refractivity contribution in [2.75, 3.05) is 7.11 Å². The van der Waals surface area contributed by atoms with Crippen molar-refractivity contribution in [2.45, 2.75) is 25.9 Å². The molecule has 0 bridgehead atoms. The molecule has 0 aliphatic carbocycles. The number of nitrogens with one attached hydrogen (secondary N) is 1. The summed E-state index contributed by atoms with van der Waals surface area (Å²) < 4.78 is 5.99. The van der Waals surface area contributed by atoms with Crippen molar-refractivity contribution in [3.05, 3.63) is 22.7 Å². The van der Waals surface area contributed by atoms with E-state index in [4.69, 9.17) is 17.0 Å². The van der Waals surface area contributed by atoms with Gasteiger partial charge in [0.2, 0.25) is 0 Å². The van der Waals surface area contributed by atoms with E-state index in [2.05, 4.69) is 16.9 Å². The van der Waals surface area contributed by atoms with E-state index in [1.807, 2.05) is 0 Å². The molecule has 1 heterocycles. The molecule has 1 aromatic rings. The van der Waals surface area contributed by atoms with E-state index in [1.165, 1.54) is 0 Å². The molecular formula is C9H14N2OS. The maximum absolute atomic E-state index is 5.29. The lowest BCUT2D eigenvalue weighted by molar-refractivity contribution is 0.0875. The molecule has 0 spiro atoms. The van der Waals surface area contributed by atoms with Crippen LogP contribution < -0.4 is 0 Å². The third kappa shape index (κ3) is 2.90.